The van der Waals surface area contributed by atoms with Crippen molar-refractivity contribution in [1.29, 1.82) is 0 Å². The van der Waals surface area contributed by atoms with E-state index in [1.807, 2.05) is 0 Å². The van der Waals surface area contributed by atoms with Gasteiger partial charge in [0.1, 0.15) is 5.75 Å². The maximum absolute atomic E-state index is 13.0. The van der Waals surface area contributed by atoms with Gasteiger partial charge in [-0.15, -0.1) is 12.4 Å². The van der Waals surface area contributed by atoms with Crippen molar-refractivity contribution in [3.05, 3.63) is 29.8 Å². The molecule has 1 aromatic rings. The van der Waals surface area contributed by atoms with Gasteiger partial charge in [-0.25, -0.2) is 0 Å². The topological polar surface area (TPSA) is 61.3 Å². The van der Waals surface area contributed by atoms with E-state index in [4.69, 9.17) is 11.5 Å². The van der Waals surface area contributed by atoms with Crippen LogP contribution in [0.4, 0.5) is 17.6 Å². The molecule has 1 rings (SSSR count). The van der Waals surface area contributed by atoms with Crippen LogP contribution in [0.1, 0.15) is 30.9 Å². The van der Waals surface area contributed by atoms with E-state index in [-0.39, 0.29) is 23.7 Å². The molecule has 3 nitrogen and oxygen atoms in total. The van der Waals surface area contributed by atoms with Crippen molar-refractivity contribution in [3.8, 4) is 5.75 Å². The van der Waals surface area contributed by atoms with E-state index in [1.54, 1.807) is 6.07 Å². The highest BCUT2D eigenvalue weighted by Gasteiger charge is 2.44. The fourth-order valence-electron chi connectivity index (χ4n) is 1.74. The van der Waals surface area contributed by atoms with Gasteiger partial charge in [0.15, 0.2) is 0 Å². The van der Waals surface area contributed by atoms with Gasteiger partial charge in [-0.1, -0.05) is 24.6 Å². The third kappa shape index (κ3) is 6.07. The van der Waals surface area contributed by atoms with Crippen LogP contribution in [0, 0.1) is 0 Å². The molecule has 0 fully saturated rings. The second-order valence-electron chi connectivity index (χ2n) is 4.39. The third-order valence-electron chi connectivity index (χ3n) is 2.79. The summed E-state index contributed by atoms with van der Waals surface area (Å²) in [7, 11) is 0. The molecule has 0 spiro atoms. The molecule has 0 saturated carbocycles. The molecule has 1 aromatic carbocycles. The average Bonchev–Trinajstić information content (AvgIpc) is 2.39. The number of rotatable bonds is 8. The van der Waals surface area contributed by atoms with Gasteiger partial charge in [-0.2, -0.15) is 17.6 Å². The highest BCUT2D eigenvalue weighted by atomic mass is 35.5. The Morgan fingerprint density at radius 2 is 1.76 bits per heavy atom. The molecule has 122 valence electrons. The first-order valence-electron chi connectivity index (χ1n) is 6.28. The van der Waals surface area contributed by atoms with Crippen LogP contribution in [0.3, 0.4) is 0 Å². The quantitative estimate of drug-likeness (QED) is 0.566. The second-order valence-corrected chi connectivity index (χ2v) is 4.39. The molecule has 0 heterocycles. The van der Waals surface area contributed by atoms with Crippen LogP contribution in [-0.2, 0) is 0 Å². The zero-order valence-electron chi connectivity index (χ0n) is 11.3. The van der Waals surface area contributed by atoms with Crippen molar-refractivity contribution in [1.82, 2.24) is 0 Å². The number of halogens is 5. The average molecular weight is 331 g/mol. The van der Waals surface area contributed by atoms with Gasteiger partial charge in [-0.3, -0.25) is 0 Å². The van der Waals surface area contributed by atoms with E-state index >= 15 is 0 Å². The van der Waals surface area contributed by atoms with Crippen LogP contribution in [0.2, 0.25) is 0 Å². The Kier molecular flexibility index (Phi) is 8.61. The third-order valence-corrected chi connectivity index (χ3v) is 2.79. The molecule has 0 aliphatic heterocycles. The highest BCUT2D eigenvalue weighted by molar-refractivity contribution is 5.85. The Balaban J connectivity index is 0.00000400. The minimum absolute atomic E-state index is 0. The van der Waals surface area contributed by atoms with E-state index in [1.165, 1.54) is 18.2 Å². The molecule has 1 atom stereocenters. The number of alkyl halides is 4. The molecule has 0 bridgehead atoms. The van der Waals surface area contributed by atoms with Gasteiger partial charge in [0.25, 0.3) is 0 Å². The van der Waals surface area contributed by atoms with Gasteiger partial charge in [0.2, 0.25) is 0 Å². The van der Waals surface area contributed by atoms with E-state index in [0.717, 1.165) is 12.8 Å². The van der Waals surface area contributed by atoms with Crippen molar-refractivity contribution in [3.63, 3.8) is 0 Å². The lowest BCUT2D eigenvalue weighted by Crippen LogP contribution is -2.34. The number of benzene rings is 1. The monoisotopic (exact) mass is 330 g/mol. The van der Waals surface area contributed by atoms with Crippen LogP contribution in [0.5, 0.6) is 5.75 Å². The molecule has 0 unspecified atom stereocenters. The molecular formula is C13H19ClF4N2O. The molecule has 0 aliphatic carbocycles. The molecule has 0 aliphatic rings. The van der Waals surface area contributed by atoms with Gasteiger partial charge >= 0.3 is 12.5 Å². The molecule has 4 N–H and O–H groups in total. The van der Waals surface area contributed by atoms with E-state index in [9.17, 15) is 17.6 Å². The van der Waals surface area contributed by atoms with Gasteiger partial charge in [-0.05, 0) is 25.5 Å². The Morgan fingerprint density at radius 1 is 1.14 bits per heavy atom. The van der Waals surface area contributed by atoms with Crippen molar-refractivity contribution in [2.75, 3.05) is 6.54 Å². The number of unbranched alkanes of at least 4 members (excludes halogenated alkanes) is 1. The van der Waals surface area contributed by atoms with Gasteiger partial charge in [0.05, 0.1) is 0 Å². The second kappa shape index (κ2) is 9.07. The summed E-state index contributed by atoms with van der Waals surface area (Å²) < 4.78 is 54.4. The highest BCUT2D eigenvalue weighted by Crippen LogP contribution is 2.33. The minimum atomic E-state index is -4.53. The first kappa shape index (κ1) is 19.9. The van der Waals surface area contributed by atoms with E-state index in [2.05, 4.69) is 4.74 Å². The standard InChI is InChI=1S/C13H18F4N2O.ClH/c14-12(15)13(16,17)20-11-7-2-1-5-9(11)10(19)6-3-4-8-18;/h1-2,5,7,10,12H,3-4,6,8,18-19H2;1H/t10-;/m0./s1. The Labute approximate surface area is 127 Å². The Hall–Kier alpha value is -1.05. The number of nitrogens with two attached hydrogens (primary N) is 2. The smallest absolute Gasteiger partial charge is 0.428 e. The van der Waals surface area contributed by atoms with E-state index in [0.29, 0.717) is 13.0 Å². The zero-order chi connectivity index (χ0) is 15.2. The van der Waals surface area contributed by atoms with E-state index < -0.39 is 18.6 Å². The van der Waals surface area contributed by atoms with Gasteiger partial charge in [0, 0.05) is 11.6 Å². The van der Waals surface area contributed by atoms with Crippen LogP contribution in [0.15, 0.2) is 24.3 Å². The van der Waals surface area contributed by atoms with Crippen molar-refractivity contribution in [2.24, 2.45) is 11.5 Å². The maximum Gasteiger partial charge on any atom is 0.461 e. The number of para-hydroxylation sites is 1. The normalized spacial score (nSPS) is 12.9. The molecular weight excluding hydrogens is 312 g/mol. The molecule has 0 aromatic heterocycles. The summed E-state index contributed by atoms with van der Waals surface area (Å²) in [5, 5.41) is 0. The lowest BCUT2D eigenvalue weighted by Gasteiger charge is -2.21. The molecule has 8 heteroatoms. The molecule has 0 amide bonds. The number of ether oxygens (including phenoxy) is 1. The minimum Gasteiger partial charge on any atom is -0.428 e. The summed E-state index contributed by atoms with van der Waals surface area (Å²) in [5.74, 6) is -0.321. The first-order valence-corrected chi connectivity index (χ1v) is 6.28. The van der Waals surface area contributed by atoms with Crippen LogP contribution in [-0.4, -0.2) is 19.1 Å². The van der Waals surface area contributed by atoms with Crippen molar-refractivity contribution in [2.45, 2.75) is 37.8 Å². The largest absolute Gasteiger partial charge is 0.461 e. The van der Waals surface area contributed by atoms with Crippen LogP contribution in [0.25, 0.3) is 0 Å². The summed E-state index contributed by atoms with van der Waals surface area (Å²) >= 11 is 0. The number of hydrogen-bond donors (Lipinski definition) is 2. The van der Waals surface area contributed by atoms with Crippen molar-refractivity contribution < 1.29 is 22.3 Å². The summed E-state index contributed by atoms with van der Waals surface area (Å²) in [4.78, 5) is 0. The molecule has 0 radical (unpaired) electrons. The lowest BCUT2D eigenvalue weighted by atomic mass is 10.0. The summed E-state index contributed by atoms with van der Waals surface area (Å²) in [6.07, 6.45) is -6.45. The van der Waals surface area contributed by atoms with Crippen LogP contribution < -0.4 is 16.2 Å². The Morgan fingerprint density at radius 3 is 2.33 bits per heavy atom. The van der Waals surface area contributed by atoms with Crippen molar-refractivity contribution >= 4 is 12.4 Å². The summed E-state index contributed by atoms with van der Waals surface area (Å²) in [6.45, 7) is 0.508. The Bertz CT molecular complexity index is 421. The summed E-state index contributed by atoms with van der Waals surface area (Å²) in [5.41, 5.74) is 11.5. The zero-order valence-corrected chi connectivity index (χ0v) is 12.1. The fourth-order valence-corrected chi connectivity index (χ4v) is 1.74. The predicted molar refractivity (Wildman–Crippen MR) is 75.1 cm³/mol. The summed E-state index contributed by atoms with van der Waals surface area (Å²) in [6, 6.07) is 5.14. The lowest BCUT2D eigenvalue weighted by molar-refractivity contribution is -0.253. The SMILES string of the molecule is Cl.NCCCC[C@H](N)c1ccccc1OC(F)(F)C(F)F. The number of hydrogen-bond acceptors (Lipinski definition) is 3. The predicted octanol–water partition coefficient (Wildman–Crippen LogP) is 3.47. The maximum atomic E-state index is 13.0. The fraction of sp³-hybridized carbons (Fsp3) is 0.538. The van der Waals surface area contributed by atoms with Crippen LogP contribution >= 0.6 is 12.4 Å². The molecule has 21 heavy (non-hydrogen) atoms. The van der Waals surface area contributed by atoms with Gasteiger partial charge < -0.3 is 16.2 Å². The first-order chi connectivity index (χ1) is 9.38. The molecule has 0 saturated heterocycles.